The van der Waals surface area contributed by atoms with Crippen molar-refractivity contribution >= 4 is 0 Å². The van der Waals surface area contributed by atoms with Crippen LogP contribution in [0, 0.1) is 0 Å². The van der Waals surface area contributed by atoms with Crippen molar-refractivity contribution in [2.24, 2.45) is 0 Å². The number of hydrogen-bond acceptors (Lipinski definition) is 3. The molecule has 3 heteroatoms. The van der Waals surface area contributed by atoms with Gasteiger partial charge in [-0.15, -0.1) is 0 Å². The molecule has 2 aliphatic heterocycles. The summed E-state index contributed by atoms with van der Waals surface area (Å²) in [6.45, 7) is 6.28. The molecule has 1 atom stereocenters. The number of hydrogen-bond donors (Lipinski definition) is 0. The Morgan fingerprint density at radius 2 is 1.58 bits per heavy atom. The van der Waals surface area contributed by atoms with Gasteiger partial charge in [-0.05, 0) is 20.5 Å². The van der Waals surface area contributed by atoms with E-state index in [1.807, 2.05) is 0 Å². The Labute approximate surface area is 74.9 Å². The fourth-order valence-electron chi connectivity index (χ4n) is 2.08. The Morgan fingerprint density at radius 1 is 0.917 bits per heavy atom. The molecule has 0 aromatic rings. The van der Waals surface area contributed by atoms with Gasteiger partial charge in [0.05, 0.1) is 6.17 Å². The largest absolute Gasteiger partial charge is 0.304 e. The zero-order valence-corrected chi connectivity index (χ0v) is 8.16. The monoisotopic (exact) mass is 169 g/mol. The molecule has 0 aliphatic carbocycles. The first-order chi connectivity index (χ1) is 5.77. The highest BCUT2D eigenvalue weighted by Crippen LogP contribution is 2.19. The van der Waals surface area contributed by atoms with Crippen molar-refractivity contribution in [3.8, 4) is 0 Å². The van der Waals surface area contributed by atoms with Crippen LogP contribution in [0.3, 0.4) is 0 Å². The number of nitrogens with zero attached hydrogens (tertiary/aromatic N) is 3. The zero-order valence-electron chi connectivity index (χ0n) is 8.16. The third kappa shape index (κ3) is 1.49. The lowest BCUT2D eigenvalue weighted by Crippen LogP contribution is -2.60. The molecule has 0 aromatic carbocycles. The summed E-state index contributed by atoms with van der Waals surface area (Å²) in [6.07, 6.45) is 2.14. The fraction of sp³-hybridized carbons (Fsp3) is 1.00. The topological polar surface area (TPSA) is 9.72 Å². The summed E-state index contributed by atoms with van der Waals surface area (Å²) in [5, 5.41) is 0. The molecule has 2 aliphatic rings. The molecular formula is C9H19N3. The molecule has 1 unspecified atom stereocenters. The molecule has 2 heterocycles. The minimum Gasteiger partial charge on any atom is -0.304 e. The lowest BCUT2D eigenvalue weighted by molar-refractivity contribution is -0.0356. The quantitative estimate of drug-likeness (QED) is 0.542. The van der Waals surface area contributed by atoms with E-state index < -0.39 is 0 Å². The van der Waals surface area contributed by atoms with Crippen LogP contribution in [0.5, 0.6) is 0 Å². The van der Waals surface area contributed by atoms with E-state index in [0.29, 0.717) is 0 Å². The number of rotatable bonds is 1. The molecule has 2 saturated heterocycles. The number of likely N-dealkylation sites (tertiary alicyclic amines) is 1. The zero-order chi connectivity index (χ0) is 8.55. The van der Waals surface area contributed by atoms with Gasteiger partial charge in [0.15, 0.2) is 0 Å². The molecule has 2 rings (SSSR count). The van der Waals surface area contributed by atoms with Crippen LogP contribution in [0.2, 0.25) is 0 Å². The van der Waals surface area contributed by atoms with Crippen molar-refractivity contribution in [1.29, 1.82) is 0 Å². The summed E-state index contributed by atoms with van der Waals surface area (Å²) < 4.78 is 0. The van der Waals surface area contributed by atoms with Gasteiger partial charge in [0.25, 0.3) is 0 Å². The maximum absolute atomic E-state index is 2.61. The van der Waals surface area contributed by atoms with E-state index in [4.69, 9.17) is 0 Å². The van der Waals surface area contributed by atoms with Crippen molar-refractivity contribution < 1.29 is 0 Å². The fourth-order valence-corrected chi connectivity index (χ4v) is 2.08. The second-order valence-electron chi connectivity index (χ2n) is 4.09. The van der Waals surface area contributed by atoms with Gasteiger partial charge >= 0.3 is 0 Å². The predicted octanol–water partition coefficient (Wildman–Crippen LogP) is -0.105. The molecule has 12 heavy (non-hydrogen) atoms. The van der Waals surface area contributed by atoms with Gasteiger partial charge in [-0.1, -0.05) is 0 Å². The highest BCUT2D eigenvalue weighted by atomic mass is 15.4. The van der Waals surface area contributed by atoms with Gasteiger partial charge in [0.2, 0.25) is 0 Å². The Balaban J connectivity index is 1.81. The van der Waals surface area contributed by atoms with Crippen molar-refractivity contribution in [3.05, 3.63) is 0 Å². The van der Waals surface area contributed by atoms with E-state index in [9.17, 15) is 0 Å². The Bertz CT molecular complexity index is 152. The second kappa shape index (κ2) is 3.32. The molecule has 0 radical (unpaired) electrons. The average Bonchev–Trinajstić information content (AvgIpc) is 2.06. The molecule has 0 saturated carbocycles. The average molecular weight is 169 g/mol. The van der Waals surface area contributed by atoms with E-state index in [1.165, 1.54) is 39.1 Å². The van der Waals surface area contributed by atoms with E-state index in [0.717, 1.165) is 6.17 Å². The lowest BCUT2D eigenvalue weighted by atomic mass is 10.1. The minimum absolute atomic E-state index is 0.763. The molecule has 0 N–H and O–H groups in total. The molecule has 0 bridgehead atoms. The second-order valence-corrected chi connectivity index (χ2v) is 4.09. The van der Waals surface area contributed by atoms with E-state index in [1.54, 1.807) is 0 Å². The van der Waals surface area contributed by atoms with Crippen molar-refractivity contribution in [3.63, 3.8) is 0 Å². The molecule has 70 valence electrons. The van der Waals surface area contributed by atoms with Crippen molar-refractivity contribution in [2.45, 2.75) is 12.6 Å². The predicted molar refractivity (Wildman–Crippen MR) is 50.1 cm³/mol. The minimum atomic E-state index is 0.763. The van der Waals surface area contributed by atoms with E-state index in [-0.39, 0.29) is 0 Å². The van der Waals surface area contributed by atoms with Crippen LogP contribution in [0.15, 0.2) is 0 Å². The van der Waals surface area contributed by atoms with Crippen LogP contribution in [-0.2, 0) is 0 Å². The van der Waals surface area contributed by atoms with Crippen LogP contribution in [0.25, 0.3) is 0 Å². The van der Waals surface area contributed by atoms with Crippen LogP contribution in [-0.4, -0.2) is 67.7 Å². The van der Waals surface area contributed by atoms with Gasteiger partial charge in [-0.2, -0.15) is 0 Å². The molecule has 2 fully saturated rings. The van der Waals surface area contributed by atoms with E-state index >= 15 is 0 Å². The summed E-state index contributed by atoms with van der Waals surface area (Å²) >= 11 is 0. The first-order valence-corrected chi connectivity index (χ1v) is 4.90. The lowest BCUT2D eigenvalue weighted by Gasteiger charge is -2.48. The van der Waals surface area contributed by atoms with Crippen LogP contribution in [0.1, 0.15) is 6.42 Å². The van der Waals surface area contributed by atoms with Gasteiger partial charge in [-0.25, -0.2) is 0 Å². The van der Waals surface area contributed by atoms with Crippen LogP contribution >= 0.6 is 0 Å². The standard InChI is InChI=1S/C9H19N3/c1-10-5-7-12(8-6-10)9-3-4-11(9)2/h9H,3-8H2,1-2H3. The Morgan fingerprint density at radius 3 is 2.00 bits per heavy atom. The highest BCUT2D eigenvalue weighted by Gasteiger charge is 2.31. The molecular weight excluding hydrogens is 150 g/mol. The molecule has 0 spiro atoms. The normalized spacial score (nSPS) is 35.0. The van der Waals surface area contributed by atoms with E-state index in [2.05, 4.69) is 28.8 Å². The van der Waals surface area contributed by atoms with Crippen molar-refractivity contribution in [2.75, 3.05) is 46.8 Å². The Kier molecular flexibility index (Phi) is 2.35. The molecule has 0 amide bonds. The summed E-state index contributed by atoms with van der Waals surface area (Å²) in [4.78, 5) is 7.48. The maximum atomic E-state index is 2.61. The Hall–Kier alpha value is -0.120. The maximum Gasteiger partial charge on any atom is 0.0633 e. The molecule has 3 nitrogen and oxygen atoms in total. The number of likely N-dealkylation sites (N-methyl/N-ethyl adjacent to an activating group) is 1. The highest BCUT2D eigenvalue weighted by molar-refractivity contribution is 4.83. The van der Waals surface area contributed by atoms with Gasteiger partial charge in [-0.3, -0.25) is 9.80 Å². The number of piperazine rings is 1. The summed E-state index contributed by atoms with van der Waals surface area (Å²) in [5.41, 5.74) is 0. The smallest absolute Gasteiger partial charge is 0.0633 e. The van der Waals surface area contributed by atoms with Gasteiger partial charge < -0.3 is 4.90 Å². The molecule has 0 aromatic heterocycles. The third-order valence-corrected chi connectivity index (χ3v) is 3.21. The summed E-state index contributed by atoms with van der Waals surface area (Å²) in [5.74, 6) is 0. The summed E-state index contributed by atoms with van der Waals surface area (Å²) in [7, 11) is 4.44. The third-order valence-electron chi connectivity index (χ3n) is 3.21. The SMILES string of the molecule is CN1CCN(C2CCN2C)CC1. The van der Waals surface area contributed by atoms with Gasteiger partial charge in [0, 0.05) is 32.7 Å². The first-order valence-electron chi connectivity index (χ1n) is 4.90. The van der Waals surface area contributed by atoms with Crippen molar-refractivity contribution in [1.82, 2.24) is 14.7 Å². The summed E-state index contributed by atoms with van der Waals surface area (Å²) in [6, 6.07) is 0. The van der Waals surface area contributed by atoms with Crippen LogP contribution < -0.4 is 0 Å². The van der Waals surface area contributed by atoms with Crippen LogP contribution in [0.4, 0.5) is 0 Å². The van der Waals surface area contributed by atoms with Gasteiger partial charge in [0.1, 0.15) is 0 Å². The first kappa shape index (κ1) is 8.48.